The molecular weight excluding hydrogens is 637 g/mol. The summed E-state index contributed by atoms with van der Waals surface area (Å²) in [5.41, 5.74) is 2.63. The molecule has 6 unspecified atom stereocenters. The number of imide groups is 2. The molecule has 4 fully saturated rings. The van der Waals surface area contributed by atoms with E-state index in [1.807, 2.05) is 42.5 Å². The molecular formula is C37H35Cl2N3O5. The molecule has 8 nitrogen and oxygen atoms in total. The van der Waals surface area contributed by atoms with E-state index >= 15 is 0 Å². The molecule has 5 aliphatic rings. The van der Waals surface area contributed by atoms with Crippen molar-refractivity contribution in [1.82, 2.24) is 14.7 Å². The number of fused-ring (bicyclic) bond motifs is 5. The number of rotatable bonds is 4. The summed E-state index contributed by atoms with van der Waals surface area (Å²) in [5, 5.41) is 11.9. The van der Waals surface area contributed by atoms with Gasteiger partial charge in [0.15, 0.2) is 9.75 Å². The van der Waals surface area contributed by atoms with Gasteiger partial charge >= 0.3 is 0 Å². The summed E-state index contributed by atoms with van der Waals surface area (Å²) in [6.07, 6.45) is 3.65. The van der Waals surface area contributed by atoms with E-state index in [1.165, 1.54) is 17.5 Å². The number of phenolic OH excluding ortho intramolecular Hbond substituents is 1. The molecule has 47 heavy (non-hydrogen) atoms. The normalized spacial score (nSPS) is 32.9. The zero-order valence-electron chi connectivity index (χ0n) is 25.9. The van der Waals surface area contributed by atoms with Crippen molar-refractivity contribution in [2.24, 2.45) is 17.8 Å². The van der Waals surface area contributed by atoms with Gasteiger partial charge in [-0.25, -0.2) is 0 Å². The van der Waals surface area contributed by atoms with Crippen molar-refractivity contribution in [2.45, 2.75) is 53.9 Å². The number of carbonyl (C=O) groups excluding carboxylic acids is 4. The second kappa shape index (κ2) is 10.9. The first kappa shape index (κ1) is 30.6. The molecule has 0 spiro atoms. The minimum absolute atomic E-state index is 0.0329. The predicted molar refractivity (Wildman–Crippen MR) is 178 cm³/mol. The smallest absolute Gasteiger partial charge is 0.253 e. The minimum Gasteiger partial charge on any atom is -0.507 e. The van der Waals surface area contributed by atoms with Crippen molar-refractivity contribution in [1.29, 1.82) is 0 Å². The Bertz CT molecular complexity index is 1870. The molecule has 0 radical (unpaired) electrons. The van der Waals surface area contributed by atoms with Gasteiger partial charge in [0.25, 0.3) is 11.8 Å². The van der Waals surface area contributed by atoms with Crippen molar-refractivity contribution in [3.05, 3.63) is 89.5 Å². The Balaban J connectivity index is 1.16. The van der Waals surface area contributed by atoms with E-state index in [0.717, 1.165) is 30.1 Å². The van der Waals surface area contributed by atoms with Crippen LogP contribution < -0.4 is 0 Å². The highest BCUT2D eigenvalue weighted by molar-refractivity contribution is 6.53. The first-order valence-corrected chi connectivity index (χ1v) is 17.1. The molecule has 1 N–H and O–H groups in total. The maximum atomic E-state index is 14.5. The highest BCUT2D eigenvalue weighted by atomic mass is 35.5. The number of phenols is 1. The van der Waals surface area contributed by atoms with Crippen LogP contribution in [-0.2, 0) is 25.7 Å². The van der Waals surface area contributed by atoms with Crippen LogP contribution >= 0.6 is 23.2 Å². The standard InChI is InChI=1S/C37H35Cl2N3O5/c1-40-34(46)36(38)19-28-26(31(37(36,39)35(40)47)25-13-14-29(43)24-10-6-5-9-23(24)25)11-12-27-30(28)33(45)42(32(27)44)22-15-17-41(18-16-22)20-21-7-3-2-4-8-21/h2-11,13-14,22,27-28,30-31,43H,12,15-20H2,1H3. The molecule has 3 aromatic rings. The maximum absolute atomic E-state index is 14.5. The van der Waals surface area contributed by atoms with Crippen LogP contribution in [0.3, 0.4) is 0 Å². The Morgan fingerprint density at radius 2 is 1.51 bits per heavy atom. The number of likely N-dealkylation sites (tertiary alicyclic amines) is 3. The van der Waals surface area contributed by atoms with Gasteiger partial charge in [-0.3, -0.25) is 33.9 Å². The number of aromatic hydroxyl groups is 1. The van der Waals surface area contributed by atoms with E-state index in [2.05, 4.69) is 17.0 Å². The molecule has 3 aliphatic heterocycles. The van der Waals surface area contributed by atoms with E-state index in [9.17, 15) is 24.3 Å². The van der Waals surface area contributed by atoms with Crippen molar-refractivity contribution in [3.63, 3.8) is 0 Å². The SMILES string of the molecule is CN1C(=O)C2(Cl)CC3C(=CCC4C(=O)N(C5CCN(Cc6ccccc6)CC5)C(=O)C43)C(c3ccc(O)c4ccccc34)C2(Cl)C1=O. The van der Waals surface area contributed by atoms with Crippen LogP contribution in [0.1, 0.15) is 42.7 Å². The van der Waals surface area contributed by atoms with Crippen LogP contribution in [0.4, 0.5) is 0 Å². The Kier molecular flexibility index (Phi) is 7.10. The van der Waals surface area contributed by atoms with Crippen LogP contribution in [-0.4, -0.2) is 79.4 Å². The van der Waals surface area contributed by atoms with Gasteiger partial charge in [0.05, 0.1) is 11.8 Å². The lowest BCUT2D eigenvalue weighted by Crippen LogP contribution is -2.60. The third-order valence-corrected chi connectivity index (χ3v) is 12.9. The number of amides is 4. The molecule has 3 heterocycles. The van der Waals surface area contributed by atoms with Crippen molar-refractivity contribution < 1.29 is 24.3 Å². The molecule has 3 aromatic carbocycles. The molecule has 2 aliphatic carbocycles. The van der Waals surface area contributed by atoms with Gasteiger partial charge in [-0.15, -0.1) is 23.2 Å². The molecule has 8 rings (SSSR count). The lowest BCUT2D eigenvalue weighted by atomic mass is 9.56. The second-order valence-corrected chi connectivity index (χ2v) is 15.0. The summed E-state index contributed by atoms with van der Waals surface area (Å²) in [5.74, 6) is -4.23. The summed E-state index contributed by atoms with van der Waals surface area (Å²) in [4.78, 5) is 57.4. The van der Waals surface area contributed by atoms with Crippen LogP contribution in [0.25, 0.3) is 10.8 Å². The highest BCUT2D eigenvalue weighted by Crippen LogP contribution is 2.66. The predicted octanol–water partition coefficient (Wildman–Crippen LogP) is 5.20. The number of allylic oxidation sites excluding steroid dienone is 2. The van der Waals surface area contributed by atoms with E-state index in [-0.39, 0.29) is 30.0 Å². The summed E-state index contributed by atoms with van der Waals surface area (Å²) >= 11 is 14.7. The quantitative estimate of drug-likeness (QED) is 0.233. The lowest BCUT2D eigenvalue weighted by molar-refractivity contribution is -0.144. The van der Waals surface area contributed by atoms with E-state index in [1.54, 1.807) is 18.2 Å². The molecule has 242 valence electrons. The molecule has 10 heteroatoms. The van der Waals surface area contributed by atoms with Crippen molar-refractivity contribution in [2.75, 3.05) is 20.1 Å². The average molecular weight is 673 g/mol. The monoisotopic (exact) mass is 671 g/mol. The molecule has 4 amide bonds. The number of benzene rings is 3. The van der Waals surface area contributed by atoms with Crippen LogP contribution in [0.2, 0.25) is 0 Å². The first-order valence-electron chi connectivity index (χ1n) is 16.3. The summed E-state index contributed by atoms with van der Waals surface area (Å²) < 4.78 is 0. The number of hydrogen-bond acceptors (Lipinski definition) is 6. The van der Waals surface area contributed by atoms with Gasteiger partial charge in [0.2, 0.25) is 11.8 Å². The molecule has 3 saturated heterocycles. The Labute approximate surface area is 282 Å². The number of nitrogens with zero attached hydrogens (tertiary/aromatic N) is 3. The third kappa shape index (κ3) is 4.23. The summed E-state index contributed by atoms with van der Waals surface area (Å²) in [6.45, 7) is 2.37. The molecule has 0 aromatic heterocycles. The van der Waals surface area contributed by atoms with E-state index in [4.69, 9.17) is 23.2 Å². The Hall–Kier alpha value is -3.72. The topological polar surface area (TPSA) is 98.2 Å². The van der Waals surface area contributed by atoms with Gasteiger partial charge in [0.1, 0.15) is 5.75 Å². The van der Waals surface area contributed by atoms with Crippen molar-refractivity contribution in [3.8, 4) is 5.75 Å². The number of piperidine rings is 1. The fourth-order valence-electron chi connectivity index (χ4n) is 9.21. The van der Waals surface area contributed by atoms with Gasteiger partial charge in [-0.2, -0.15) is 0 Å². The van der Waals surface area contributed by atoms with Crippen molar-refractivity contribution >= 4 is 57.6 Å². The third-order valence-electron chi connectivity index (χ3n) is 11.5. The Morgan fingerprint density at radius 3 is 2.23 bits per heavy atom. The zero-order valence-corrected chi connectivity index (χ0v) is 27.5. The fraction of sp³-hybridized carbons (Fsp3) is 0.405. The van der Waals surface area contributed by atoms with Gasteiger partial charge < -0.3 is 5.11 Å². The van der Waals surface area contributed by atoms with Gasteiger partial charge in [0, 0.05) is 44.0 Å². The van der Waals surface area contributed by atoms with E-state index < -0.39 is 45.2 Å². The zero-order chi connectivity index (χ0) is 32.8. The summed E-state index contributed by atoms with van der Waals surface area (Å²) in [7, 11) is 1.39. The summed E-state index contributed by atoms with van der Waals surface area (Å²) in [6, 6.07) is 20.6. The van der Waals surface area contributed by atoms with Crippen LogP contribution in [0.15, 0.2) is 78.4 Å². The largest absolute Gasteiger partial charge is 0.507 e. The lowest BCUT2D eigenvalue weighted by Gasteiger charge is -2.51. The number of halogens is 2. The molecule has 0 bridgehead atoms. The number of hydrogen-bond donors (Lipinski definition) is 1. The average Bonchev–Trinajstić information content (AvgIpc) is 3.41. The minimum atomic E-state index is -1.87. The molecule has 6 atom stereocenters. The first-order chi connectivity index (χ1) is 22.6. The van der Waals surface area contributed by atoms with E-state index in [0.29, 0.717) is 35.6 Å². The van der Waals surface area contributed by atoms with Crippen LogP contribution in [0.5, 0.6) is 5.75 Å². The Morgan fingerprint density at radius 1 is 0.830 bits per heavy atom. The molecule has 1 saturated carbocycles. The maximum Gasteiger partial charge on any atom is 0.253 e. The number of carbonyl (C=O) groups is 4. The van der Waals surface area contributed by atoms with Gasteiger partial charge in [-0.1, -0.05) is 72.3 Å². The van der Waals surface area contributed by atoms with Gasteiger partial charge in [-0.05, 0) is 54.2 Å². The fourth-order valence-corrected chi connectivity index (χ4v) is 10.2. The number of alkyl halides is 2. The van der Waals surface area contributed by atoms with Crippen LogP contribution in [0, 0.1) is 17.8 Å². The highest BCUT2D eigenvalue weighted by Gasteiger charge is 2.76. The second-order valence-electron chi connectivity index (χ2n) is 13.8.